The monoisotopic (exact) mass is 288 g/mol. The summed E-state index contributed by atoms with van der Waals surface area (Å²) in [4.78, 5) is 11.5. The van der Waals surface area contributed by atoms with Gasteiger partial charge in [-0.25, -0.2) is 13.2 Å². The van der Waals surface area contributed by atoms with E-state index in [9.17, 15) is 13.2 Å². The number of hydrogen-bond acceptors (Lipinski definition) is 4. The van der Waals surface area contributed by atoms with Crippen molar-refractivity contribution >= 4 is 27.4 Å². The molecule has 0 heterocycles. The number of halogens is 1. The molecule has 1 rings (SSSR count). The minimum absolute atomic E-state index is 0.0790. The van der Waals surface area contributed by atoms with E-state index in [0.29, 0.717) is 0 Å². The molecule has 18 heavy (non-hydrogen) atoms. The van der Waals surface area contributed by atoms with Gasteiger partial charge in [-0.05, 0) is 25.1 Å². The maximum absolute atomic E-state index is 11.6. The normalized spacial score (nSPS) is 11.7. The van der Waals surface area contributed by atoms with Crippen LogP contribution in [0.1, 0.15) is 17.3 Å². The lowest BCUT2D eigenvalue weighted by Crippen LogP contribution is -2.07. The molecule has 0 fully saturated rings. The number of sulfone groups is 1. The number of rotatable bonds is 4. The molecule has 0 aromatic heterocycles. The molecule has 0 radical (unpaired) electrons. The summed E-state index contributed by atoms with van der Waals surface area (Å²) >= 11 is 5.77. The fraction of sp³-hybridized carbons (Fsp3) is 0.250. The predicted octanol–water partition coefficient (Wildman–Crippen LogP) is 2.48. The maximum Gasteiger partial charge on any atom is 0.338 e. The molecule has 0 spiro atoms. The summed E-state index contributed by atoms with van der Waals surface area (Å²) in [5, 5.41) is 0.0857. The highest BCUT2D eigenvalue weighted by Crippen LogP contribution is 2.22. The summed E-state index contributed by atoms with van der Waals surface area (Å²) in [5.74, 6) is -0.588. The predicted molar refractivity (Wildman–Crippen MR) is 69.7 cm³/mol. The van der Waals surface area contributed by atoms with Crippen molar-refractivity contribution in [3.63, 3.8) is 0 Å². The Balaban J connectivity index is 3.02. The third-order valence-corrected chi connectivity index (χ3v) is 3.69. The second-order valence-electron chi connectivity index (χ2n) is 3.58. The summed E-state index contributed by atoms with van der Waals surface area (Å²) in [6, 6.07) is 4.01. The molecule has 0 N–H and O–H groups in total. The highest BCUT2D eigenvalue weighted by atomic mass is 35.5. The van der Waals surface area contributed by atoms with Crippen molar-refractivity contribution in [2.45, 2.75) is 11.8 Å². The molecule has 0 saturated heterocycles. The lowest BCUT2D eigenvalue weighted by Gasteiger charge is -2.05. The number of allylic oxidation sites excluding steroid dienone is 1. The van der Waals surface area contributed by atoms with Crippen molar-refractivity contribution in [1.82, 2.24) is 0 Å². The van der Waals surface area contributed by atoms with Crippen LogP contribution in [0.15, 0.2) is 35.2 Å². The van der Waals surface area contributed by atoms with E-state index >= 15 is 0 Å². The zero-order valence-corrected chi connectivity index (χ0v) is 11.6. The molecular formula is C12H13ClO4S. The van der Waals surface area contributed by atoms with Gasteiger partial charge in [-0.1, -0.05) is 23.8 Å². The van der Waals surface area contributed by atoms with Gasteiger partial charge in [-0.2, -0.15) is 0 Å². The highest BCUT2D eigenvalue weighted by Gasteiger charge is 2.16. The molecule has 4 nitrogen and oxygen atoms in total. The Morgan fingerprint density at radius 3 is 2.67 bits per heavy atom. The average molecular weight is 289 g/mol. The van der Waals surface area contributed by atoms with E-state index in [1.807, 2.05) is 0 Å². The maximum atomic E-state index is 11.6. The van der Waals surface area contributed by atoms with E-state index in [-0.39, 0.29) is 22.1 Å². The van der Waals surface area contributed by atoms with Crippen LogP contribution in [0.5, 0.6) is 0 Å². The summed E-state index contributed by atoms with van der Waals surface area (Å²) < 4.78 is 27.8. The fourth-order valence-corrected chi connectivity index (χ4v) is 2.52. The first kappa shape index (κ1) is 14.7. The summed E-state index contributed by atoms with van der Waals surface area (Å²) in [5.41, 5.74) is 0.157. The second kappa shape index (κ2) is 6.02. The van der Waals surface area contributed by atoms with Crippen LogP contribution < -0.4 is 0 Å². The molecule has 0 aliphatic heterocycles. The van der Waals surface area contributed by atoms with Crippen LogP contribution in [0.25, 0.3) is 0 Å². The quantitative estimate of drug-likeness (QED) is 0.631. The Kier molecular flexibility index (Phi) is 4.93. The van der Waals surface area contributed by atoms with Gasteiger partial charge in [0.25, 0.3) is 0 Å². The Labute approximate surface area is 111 Å². The number of ether oxygens (including phenoxy) is 1. The van der Waals surface area contributed by atoms with Crippen LogP contribution in [0.2, 0.25) is 5.02 Å². The molecule has 1 aromatic carbocycles. The van der Waals surface area contributed by atoms with Gasteiger partial charge >= 0.3 is 5.97 Å². The topological polar surface area (TPSA) is 60.4 Å². The zero-order valence-electron chi connectivity index (χ0n) is 10.0. The lowest BCUT2D eigenvalue weighted by atomic mass is 10.2. The Morgan fingerprint density at radius 1 is 1.44 bits per heavy atom. The molecule has 0 aliphatic carbocycles. The first-order valence-electron chi connectivity index (χ1n) is 5.14. The van der Waals surface area contributed by atoms with E-state index in [2.05, 4.69) is 0 Å². The van der Waals surface area contributed by atoms with Gasteiger partial charge in [0.2, 0.25) is 0 Å². The highest BCUT2D eigenvalue weighted by molar-refractivity contribution is 7.90. The standard InChI is InChI=1S/C12H13ClO4S/c1-3-4-7-17-12(14)9-5-6-10(13)11(8-9)18(2,15)16/h3-6,8H,7H2,1-2H3/b4-3+. The number of carbonyl (C=O) groups is 1. The van der Waals surface area contributed by atoms with Crippen LogP contribution in [0, 0.1) is 0 Å². The van der Waals surface area contributed by atoms with Crippen molar-refractivity contribution in [1.29, 1.82) is 0 Å². The Hall–Kier alpha value is -1.33. The summed E-state index contributed by atoms with van der Waals surface area (Å²) in [6.07, 6.45) is 4.45. The van der Waals surface area contributed by atoms with E-state index < -0.39 is 15.8 Å². The molecule has 0 amide bonds. The Morgan fingerprint density at radius 2 is 2.11 bits per heavy atom. The fourth-order valence-electron chi connectivity index (χ4n) is 1.22. The molecule has 0 aliphatic rings. The number of esters is 1. The van der Waals surface area contributed by atoms with E-state index in [4.69, 9.17) is 16.3 Å². The van der Waals surface area contributed by atoms with Crippen molar-refractivity contribution < 1.29 is 17.9 Å². The minimum Gasteiger partial charge on any atom is -0.458 e. The van der Waals surface area contributed by atoms with E-state index in [1.165, 1.54) is 18.2 Å². The number of benzene rings is 1. The third kappa shape index (κ3) is 3.85. The minimum atomic E-state index is -3.47. The van der Waals surface area contributed by atoms with Crippen LogP contribution >= 0.6 is 11.6 Å². The molecule has 0 unspecified atom stereocenters. The van der Waals surface area contributed by atoms with Gasteiger partial charge in [0.05, 0.1) is 15.5 Å². The number of carbonyl (C=O) groups excluding carboxylic acids is 1. The Bertz CT molecular complexity index is 576. The molecule has 1 aromatic rings. The molecule has 0 bridgehead atoms. The van der Waals surface area contributed by atoms with Crippen LogP contribution in [-0.4, -0.2) is 27.2 Å². The molecule has 0 saturated carbocycles. The zero-order chi connectivity index (χ0) is 13.8. The molecule has 98 valence electrons. The van der Waals surface area contributed by atoms with Crippen LogP contribution in [-0.2, 0) is 14.6 Å². The van der Waals surface area contributed by atoms with Crippen molar-refractivity contribution in [3.8, 4) is 0 Å². The first-order valence-corrected chi connectivity index (χ1v) is 7.41. The van der Waals surface area contributed by atoms with Crippen molar-refractivity contribution in [2.75, 3.05) is 12.9 Å². The van der Waals surface area contributed by atoms with Gasteiger partial charge < -0.3 is 4.74 Å². The van der Waals surface area contributed by atoms with Crippen molar-refractivity contribution in [2.24, 2.45) is 0 Å². The van der Waals surface area contributed by atoms with Gasteiger partial charge in [0.1, 0.15) is 6.61 Å². The van der Waals surface area contributed by atoms with Gasteiger partial charge in [0, 0.05) is 6.26 Å². The van der Waals surface area contributed by atoms with Gasteiger partial charge in [-0.3, -0.25) is 0 Å². The first-order chi connectivity index (χ1) is 8.36. The van der Waals surface area contributed by atoms with E-state index in [0.717, 1.165) is 6.26 Å². The largest absolute Gasteiger partial charge is 0.458 e. The molecule has 6 heteroatoms. The van der Waals surface area contributed by atoms with Crippen molar-refractivity contribution in [3.05, 3.63) is 40.9 Å². The third-order valence-electron chi connectivity index (χ3n) is 2.11. The second-order valence-corrected chi connectivity index (χ2v) is 5.98. The summed E-state index contributed by atoms with van der Waals surface area (Å²) in [6.45, 7) is 1.95. The SMILES string of the molecule is C/C=C/COC(=O)c1ccc(Cl)c(S(C)(=O)=O)c1. The van der Waals surface area contributed by atoms with Crippen LogP contribution in [0.3, 0.4) is 0 Å². The number of hydrogen-bond donors (Lipinski definition) is 0. The smallest absolute Gasteiger partial charge is 0.338 e. The van der Waals surface area contributed by atoms with Crippen LogP contribution in [0.4, 0.5) is 0 Å². The van der Waals surface area contributed by atoms with Gasteiger partial charge in [-0.15, -0.1) is 0 Å². The molecular weight excluding hydrogens is 276 g/mol. The molecule has 0 atom stereocenters. The van der Waals surface area contributed by atoms with E-state index in [1.54, 1.807) is 19.1 Å². The average Bonchev–Trinajstić information content (AvgIpc) is 2.28. The summed E-state index contributed by atoms with van der Waals surface area (Å²) in [7, 11) is -3.47. The van der Waals surface area contributed by atoms with Gasteiger partial charge in [0.15, 0.2) is 9.84 Å². The lowest BCUT2D eigenvalue weighted by molar-refractivity contribution is 0.0549.